The third-order valence-electron chi connectivity index (χ3n) is 8.19. The summed E-state index contributed by atoms with van der Waals surface area (Å²) in [5, 5.41) is 3.18. The molecule has 41 heavy (non-hydrogen) atoms. The van der Waals surface area contributed by atoms with Crippen LogP contribution in [0, 0.1) is 13.3 Å². The van der Waals surface area contributed by atoms with Crippen LogP contribution >= 0.6 is 0 Å². The summed E-state index contributed by atoms with van der Waals surface area (Å²) in [7, 11) is 0. The number of nitrogens with zero attached hydrogens (tertiary/aromatic N) is 3. The third kappa shape index (κ3) is 5.06. The minimum Gasteiger partial charge on any atom is -0.403 e. The first kappa shape index (κ1) is 26.6. The number of benzene rings is 2. The number of carbonyl (C=O) groups excluding carboxylic acids is 1. The molecule has 6 heteroatoms. The van der Waals surface area contributed by atoms with Gasteiger partial charge in [-0.2, -0.15) is 0 Å². The van der Waals surface area contributed by atoms with E-state index in [9.17, 15) is 4.79 Å². The molecule has 1 amide bonds. The molecule has 3 aromatic heterocycles. The first-order valence-corrected chi connectivity index (χ1v) is 14.2. The molecule has 6 nitrogen and oxygen atoms in total. The number of aryl methyl sites for hydroxylation is 1. The number of hydrogen-bond donors (Lipinski definition) is 1. The molecule has 1 fully saturated rings. The second-order valence-corrected chi connectivity index (χ2v) is 11.5. The van der Waals surface area contributed by atoms with Crippen LogP contribution in [0.25, 0.3) is 39.3 Å². The lowest BCUT2D eigenvalue weighted by molar-refractivity contribution is 0.0455. The Hall–Kier alpha value is -4.58. The van der Waals surface area contributed by atoms with Crippen molar-refractivity contribution in [2.45, 2.75) is 58.1 Å². The van der Waals surface area contributed by atoms with Crippen molar-refractivity contribution in [3.63, 3.8) is 0 Å². The predicted molar refractivity (Wildman–Crippen MR) is 163 cm³/mol. The molecular weight excluding hydrogens is 508 g/mol. The minimum absolute atomic E-state index is 0.387. The van der Waals surface area contributed by atoms with Crippen LogP contribution in [0.1, 0.15) is 51.2 Å². The minimum atomic E-state index is -0.622. The van der Waals surface area contributed by atoms with Crippen molar-refractivity contribution in [3.8, 4) is 33.6 Å². The van der Waals surface area contributed by atoms with Crippen LogP contribution < -0.4 is 5.32 Å². The normalized spacial score (nSPS) is 14.3. The van der Waals surface area contributed by atoms with Crippen molar-refractivity contribution >= 4 is 11.7 Å². The van der Waals surface area contributed by atoms with E-state index in [0.717, 1.165) is 69.7 Å². The number of imidazole rings is 1. The summed E-state index contributed by atoms with van der Waals surface area (Å²) in [5.74, 6) is 0. The summed E-state index contributed by atoms with van der Waals surface area (Å²) in [5.41, 5.74) is 8.21. The Morgan fingerprint density at radius 2 is 1.73 bits per heavy atom. The molecule has 1 aliphatic carbocycles. The Balaban J connectivity index is 1.43. The number of pyridine rings is 2. The summed E-state index contributed by atoms with van der Waals surface area (Å²) < 4.78 is 7.87. The Bertz CT molecular complexity index is 1690. The maximum atomic E-state index is 12.8. The second-order valence-electron chi connectivity index (χ2n) is 11.5. The number of nitrogens with one attached hydrogen (secondary N) is 1. The van der Waals surface area contributed by atoms with E-state index >= 15 is 0 Å². The van der Waals surface area contributed by atoms with Crippen molar-refractivity contribution in [2.24, 2.45) is 0 Å². The maximum absolute atomic E-state index is 12.8. The Labute approximate surface area is 241 Å². The van der Waals surface area contributed by atoms with Crippen molar-refractivity contribution in [1.29, 1.82) is 0 Å². The molecule has 3 heterocycles. The third-order valence-corrected chi connectivity index (χ3v) is 8.19. The zero-order valence-electron chi connectivity index (χ0n) is 24.0. The summed E-state index contributed by atoms with van der Waals surface area (Å²) in [4.78, 5) is 22.4. The molecular formula is C35H35N4O2+. The zero-order chi connectivity index (χ0) is 28.6. The number of rotatable bonds is 7. The van der Waals surface area contributed by atoms with Crippen LogP contribution in [0.3, 0.4) is 0 Å². The largest absolute Gasteiger partial charge is 0.411 e. The quantitative estimate of drug-likeness (QED) is 0.210. The lowest BCUT2D eigenvalue weighted by Gasteiger charge is -2.43. The van der Waals surface area contributed by atoms with Gasteiger partial charge in [-0.1, -0.05) is 60.7 Å². The summed E-state index contributed by atoms with van der Waals surface area (Å²) in [6, 6.07) is 25.1. The molecule has 206 valence electrons. The van der Waals surface area contributed by atoms with E-state index in [1.54, 1.807) is 6.20 Å². The van der Waals surface area contributed by atoms with Gasteiger partial charge in [-0.05, 0) is 49.4 Å². The highest BCUT2D eigenvalue weighted by molar-refractivity contribution is 5.88. The molecule has 0 unspecified atom stereocenters. The Kier molecular flexibility index (Phi) is 6.78. The Morgan fingerprint density at radius 1 is 1.00 bits per heavy atom. The fourth-order valence-corrected chi connectivity index (χ4v) is 5.57. The summed E-state index contributed by atoms with van der Waals surface area (Å²) in [6.07, 6.45) is 10.1. The number of ether oxygens (including phenoxy) is 1. The SMILES string of the molecule is C[CH+]C(C)(C)OC(=O)NC1(c2ccc(-c3nc4c(-c5cccnc5)cc(C)cn4c3-c3ccccc3)cc2)CCC1. The molecule has 0 radical (unpaired) electrons. The van der Waals surface area contributed by atoms with Gasteiger partial charge < -0.3 is 10.1 Å². The number of fused-ring (bicyclic) bond motifs is 1. The van der Waals surface area contributed by atoms with E-state index in [2.05, 4.69) is 88.5 Å². The van der Waals surface area contributed by atoms with Crippen LogP contribution in [0.5, 0.6) is 0 Å². The van der Waals surface area contributed by atoms with E-state index in [4.69, 9.17) is 9.72 Å². The first-order chi connectivity index (χ1) is 19.8. The number of amides is 1. The second kappa shape index (κ2) is 10.4. The average molecular weight is 544 g/mol. The lowest BCUT2D eigenvalue weighted by Crippen LogP contribution is -2.52. The van der Waals surface area contributed by atoms with Crippen LogP contribution in [0.15, 0.2) is 91.4 Å². The topological polar surface area (TPSA) is 68.5 Å². The van der Waals surface area contributed by atoms with E-state index in [0.29, 0.717) is 0 Å². The highest BCUT2D eigenvalue weighted by atomic mass is 16.6. The molecule has 0 spiro atoms. The van der Waals surface area contributed by atoms with E-state index < -0.39 is 11.1 Å². The van der Waals surface area contributed by atoms with Gasteiger partial charge in [-0.15, -0.1) is 0 Å². The molecule has 5 aromatic rings. The van der Waals surface area contributed by atoms with Crippen LogP contribution in [-0.4, -0.2) is 26.1 Å². The van der Waals surface area contributed by atoms with Crippen molar-refractivity contribution in [3.05, 3.63) is 109 Å². The van der Waals surface area contributed by atoms with E-state index in [1.807, 2.05) is 45.5 Å². The zero-order valence-corrected chi connectivity index (χ0v) is 24.0. The number of aromatic nitrogens is 3. The van der Waals surface area contributed by atoms with Crippen molar-refractivity contribution in [2.75, 3.05) is 0 Å². The average Bonchev–Trinajstić information content (AvgIpc) is 3.34. The van der Waals surface area contributed by atoms with Gasteiger partial charge in [0.05, 0.1) is 23.9 Å². The van der Waals surface area contributed by atoms with Gasteiger partial charge in [-0.3, -0.25) is 9.38 Å². The van der Waals surface area contributed by atoms with Gasteiger partial charge in [0.1, 0.15) is 12.1 Å². The molecule has 6 rings (SSSR count). The highest BCUT2D eigenvalue weighted by Crippen LogP contribution is 2.43. The van der Waals surface area contributed by atoms with Gasteiger partial charge in [0, 0.05) is 54.7 Å². The van der Waals surface area contributed by atoms with E-state index in [-0.39, 0.29) is 6.09 Å². The van der Waals surface area contributed by atoms with Crippen LogP contribution in [-0.2, 0) is 10.3 Å². The number of carbonyl (C=O) groups is 1. The maximum Gasteiger partial charge on any atom is 0.411 e. The summed E-state index contributed by atoms with van der Waals surface area (Å²) in [6.45, 7) is 7.78. The highest BCUT2D eigenvalue weighted by Gasteiger charge is 2.42. The standard InChI is InChI=1S/C35H34N4O2/c1-5-34(3,4)41-33(40)38-35(18-10-19-35)28-16-14-25(15-17-28)30-31(26-11-7-6-8-12-26)39-23-24(2)21-29(32(39)37-30)27-13-9-20-36-22-27/h5-9,11-17,20-23H,10,18-19H2,1-4H3/p+1. The van der Waals surface area contributed by atoms with Gasteiger partial charge in [0.2, 0.25) is 5.60 Å². The van der Waals surface area contributed by atoms with Gasteiger partial charge in [-0.25, -0.2) is 9.78 Å². The number of hydrogen-bond acceptors (Lipinski definition) is 4. The Morgan fingerprint density at radius 3 is 2.37 bits per heavy atom. The number of alkyl carbamates (subject to hydrolysis) is 1. The molecule has 1 saturated carbocycles. The monoisotopic (exact) mass is 543 g/mol. The fraction of sp³-hybridized carbons (Fsp3) is 0.257. The molecule has 0 bridgehead atoms. The van der Waals surface area contributed by atoms with Crippen molar-refractivity contribution < 1.29 is 9.53 Å². The van der Waals surface area contributed by atoms with Gasteiger partial charge in [0.25, 0.3) is 0 Å². The molecule has 0 atom stereocenters. The predicted octanol–water partition coefficient (Wildman–Crippen LogP) is 8.15. The van der Waals surface area contributed by atoms with Crippen LogP contribution in [0.4, 0.5) is 4.79 Å². The smallest absolute Gasteiger partial charge is 0.403 e. The van der Waals surface area contributed by atoms with Crippen molar-refractivity contribution in [1.82, 2.24) is 19.7 Å². The molecule has 1 aliphatic rings. The van der Waals surface area contributed by atoms with Crippen LogP contribution in [0.2, 0.25) is 0 Å². The lowest BCUT2D eigenvalue weighted by atomic mass is 9.71. The first-order valence-electron chi connectivity index (χ1n) is 14.2. The molecule has 2 aromatic carbocycles. The molecule has 0 saturated heterocycles. The molecule has 0 aliphatic heterocycles. The summed E-state index contributed by atoms with van der Waals surface area (Å²) >= 11 is 0. The van der Waals surface area contributed by atoms with Gasteiger partial charge >= 0.3 is 6.09 Å². The van der Waals surface area contributed by atoms with E-state index in [1.165, 1.54) is 0 Å². The van der Waals surface area contributed by atoms with Gasteiger partial charge in [0.15, 0.2) is 0 Å². The fourth-order valence-electron chi connectivity index (χ4n) is 5.57. The molecule has 1 N–H and O–H groups in total.